The molecule has 12 aromatic rings. The largest absolute Gasteiger partial charge is 0.309 e. The number of aromatic nitrogens is 3. The maximum atomic E-state index is 5.48. The van der Waals surface area contributed by atoms with Crippen molar-refractivity contribution in [3.8, 4) is 67.3 Å². The van der Waals surface area contributed by atoms with Crippen LogP contribution in [-0.4, -0.2) is 14.1 Å². The molecule has 0 bridgehead atoms. The molecule has 12 rings (SSSR count). The minimum absolute atomic E-state index is 0.916. The summed E-state index contributed by atoms with van der Waals surface area (Å²) in [5.41, 5.74) is 17.9. The lowest BCUT2D eigenvalue weighted by molar-refractivity contribution is 1.16. The normalized spacial score (nSPS) is 11.5. The molecular weight excluding hydrogens is 751 g/mol. The minimum Gasteiger partial charge on any atom is -0.309 e. The molecule has 3 heteroatoms. The predicted octanol–water partition coefficient (Wildman–Crippen LogP) is 15.6. The molecule has 0 spiro atoms. The van der Waals surface area contributed by atoms with E-state index in [1.165, 1.54) is 54.9 Å². The molecule has 3 heterocycles. The number of rotatable bonds is 7. The van der Waals surface area contributed by atoms with Gasteiger partial charge in [-0.05, 0) is 88.0 Å². The second-order valence-corrected chi connectivity index (χ2v) is 15.9. The summed E-state index contributed by atoms with van der Waals surface area (Å²) >= 11 is 0. The van der Waals surface area contributed by atoms with E-state index in [0.29, 0.717) is 0 Å². The van der Waals surface area contributed by atoms with E-state index < -0.39 is 0 Å². The number of nitrogens with zero attached hydrogens (tertiary/aromatic N) is 3. The maximum Gasteiger partial charge on any atom is 0.0736 e. The van der Waals surface area contributed by atoms with Crippen molar-refractivity contribution in [3.05, 3.63) is 237 Å². The quantitative estimate of drug-likeness (QED) is 0.158. The average molecular weight is 790 g/mol. The van der Waals surface area contributed by atoms with Crippen molar-refractivity contribution in [2.45, 2.75) is 0 Å². The van der Waals surface area contributed by atoms with Crippen molar-refractivity contribution in [2.75, 3.05) is 0 Å². The van der Waals surface area contributed by atoms with Gasteiger partial charge in [-0.3, -0.25) is 0 Å². The summed E-state index contributed by atoms with van der Waals surface area (Å²) in [5.74, 6) is 0. The second kappa shape index (κ2) is 14.8. The predicted molar refractivity (Wildman–Crippen MR) is 260 cm³/mol. The van der Waals surface area contributed by atoms with E-state index in [1.807, 2.05) is 0 Å². The number of hydrogen-bond donors (Lipinski definition) is 0. The molecule has 0 aliphatic rings. The van der Waals surface area contributed by atoms with Crippen molar-refractivity contribution in [3.63, 3.8) is 0 Å². The molecule has 3 aromatic heterocycles. The zero-order valence-corrected chi connectivity index (χ0v) is 33.9. The Bertz CT molecular complexity index is 3600. The fourth-order valence-corrected chi connectivity index (χ4v) is 9.47. The Labute approximate surface area is 360 Å². The second-order valence-electron chi connectivity index (χ2n) is 15.9. The fourth-order valence-electron chi connectivity index (χ4n) is 9.47. The summed E-state index contributed by atoms with van der Waals surface area (Å²) in [7, 11) is 0. The van der Waals surface area contributed by atoms with Crippen molar-refractivity contribution in [1.29, 1.82) is 0 Å². The van der Waals surface area contributed by atoms with Gasteiger partial charge in [0.05, 0.1) is 39.1 Å². The number of pyridine rings is 1. The number of hydrogen-bond acceptors (Lipinski definition) is 1. The molecule has 0 aliphatic carbocycles. The lowest BCUT2D eigenvalue weighted by Gasteiger charge is -2.17. The molecule has 9 aromatic carbocycles. The average Bonchev–Trinajstić information content (AvgIpc) is 3.85. The van der Waals surface area contributed by atoms with Gasteiger partial charge in [0.2, 0.25) is 0 Å². The summed E-state index contributed by atoms with van der Waals surface area (Å²) in [4.78, 5) is 5.48. The van der Waals surface area contributed by atoms with Crippen LogP contribution in [0.15, 0.2) is 237 Å². The van der Waals surface area contributed by atoms with Crippen molar-refractivity contribution in [1.82, 2.24) is 14.1 Å². The summed E-state index contributed by atoms with van der Waals surface area (Å²) in [6.07, 6.45) is 0. The molecule has 0 aliphatic heterocycles. The first-order valence-corrected chi connectivity index (χ1v) is 21.2. The van der Waals surface area contributed by atoms with Crippen molar-refractivity contribution >= 4 is 43.6 Å². The highest BCUT2D eigenvalue weighted by Gasteiger charge is 2.21. The number of para-hydroxylation sites is 3. The monoisotopic (exact) mass is 789 g/mol. The zero-order chi connectivity index (χ0) is 41.0. The minimum atomic E-state index is 0.916. The molecule has 62 heavy (non-hydrogen) atoms. The molecular formula is C59H39N3. The topological polar surface area (TPSA) is 22.8 Å². The van der Waals surface area contributed by atoms with Gasteiger partial charge in [0.25, 0.3) is 0 Å². The van der Waals surface area contributed by atoms with Crippen molar-refractivity contribution < 1.29 is 0 Å². The third-order valence-corrected chi connectivity index (χ3v) is 12.3. The SMILES string of the molecule is c1ccc(-c2ccc(-n3c4ccccc4c4cc5c6ccccc6n(-c6ccccc6-c6cc(-c7ccccc7-c7ccccc7)cc(-c7ccccc7)n6)c5cc43)cc2)cc1. The van der Waals surface area contributed by atoms with Crippen LogP contribution in [0.4, 0.5) is 0 Å². The van der Waals surface area contributed by atoms with Crippen LogP contribution in [-0.2, 0) is 0 Å². The van der Waals surface area contributed by atoms with E-state index >= 15 is 0 Å². The first kappa shape index (κ1) is 35.7. The van der Waals surface area contributed by atoms with E-state index in [1.54, 1.807) is 0 Å². The highest BCUT2D eigenvalue weighted by molar-refractivity contribution is 6.19. The van der Waals surface area contributed by atoms with Gasteiger partial charge in [-0.15, -0.1) is 0 Å². The van der Waals surface area contributed by atoms with E-state index in [9.17, 15) is 0 Å². The molecule has 0 fully saturated rings. The van der Waals surface area contributed by atoms with Crippen molar-refractivity contribution in [2.24, 2.45) is 0 Å². The molecule has 0 amide bonds. The van der Waals surface area contributed by atoms with Crippen LogP contribution in [0.3, 0.4) is 0 Å². The maximum absolute atomic E-state index is 5.48. The lowest BCUT2D eigenvalue weighted by Crippen LogP contribution is -2.00. The van der Waals surface area contributed by atoms with E-state index in [0.717, 1.165) is 56.0 Å². The number of benzene rings is 9. The molecule has 3 nitrogen and oxygen atoms in total. The Balaban J connectivity index is 1.10. The molecule has 0 radical (unpaired) electrons. The van der Waals surface area contributed by atoms with Gasteiger partial charge in [0.1, 0.15) is 0 Å². The first-order valence-electron chi connectivity index (χ1n) is 21.2. The lowest BCUT2D eigenvalue weighted by atomic mass is 9.93. The molecule has 0 unspecified atom stereocenters. The van der Waals surface area contributed by atoms with E-state index in [2.05, 4.69) is 246 Å². The third-order valence-electron chi connectivity index (χ3n) is 12.3. The summed E-state index contributed by atoms with van der Waals surface area (Å²) in [6, 6.07) is 85.2. The molecule has 0 saturated heterocycles. The van der Waals surface area contributed by atoms with E-state index in [4.69, 9.17) is 4.98 Å². The van der Waals surface area contributed by atoms with Crippen LogP contribution in [0.25, 0.3) is 111 Å². The molecule has 0 N–H and O–H groups in total. The van der Waals surface area contributed by atoms with Crippen LogP contribution < -0.4 is 0 Å². The van der Waals surface area contributed by atoms with Gasteiger partial charge in [-0.1, -0.05) is 182 Å². The van der Waals surface area contributed by atoms with Crippen LogP contribution in [0.5, 0.6) is 0 Å². The van der Waals surface area contributed by atoms with Crippen LogP contribution in [0.2, 0.25) is 0 Å². The van der Waals surface area contributed by atoms with Gasteiger partial charge in [0.15, 0.2) is 0 Å². The third kappa shape index (κ3) is 5.94. The van der Waals surface area contributed by atoms with E-state index in [-0.39, 0.29) is 0 Å². The van der Waals surface area contributed by atoms with Gasteiger partial charge < -0.3 is 9.13 Å². The highest BCUT2D eigenvalue weighted by atomic mass is 15.0. The van der Waals surface area contributed by atoms with Crippen LogP contribution in [0, 0.1) is 0 Å². The smallest absolute Gasteiger partial charge is 0.0736 e. The fraction of sp³-hybridized carbons (Fsp3) is 0. The zero-order valence-electron chi connectivity index (χ0n) is 33.9. The Morgan fingerprint density at radius 3 is 1.39 bits per heavy atom. The Morgan fingerprint density at radius 1 is 0.258 bits per heavy atom. The molecule has 290 valence electrons. The Kier molecular flexibility index (Phi) is 8.50. The highest BCUT2D eigenvalue weighted by Crippen LogP contribution is 2.43. The summed E-state index contributed by atoms with van der Waals surface area (Å²) in [6.45, 7) is 0. The molecule has 0 saturated carbocycles. The van der Waals surface area contributed by atoms with Gasteiger partial charge in [-0.2, -0.15) is 0 Å². The Morgan fingerprint density at radius 2 is 0.726 bits per heavy atom. The standard InChI is InChI=1S/C59H39N3/c1-4-18-40(19-5-1)41-32-34-45(35-33-41)61-55-29-15-12-26-48(55)51-38-52-49-27-13-16-30-56(49)62(59(52)39-58(51)61)57-31-17-14-28-50(57)54-37-44(36-53(60-54)43-22-8-3-9-23-43)47-25-11-10-24-46(47)42-20-6-2-7-21-42/h1-39H. The first-order chi connectivity index (χ1) is 30.8. The van der Waals surface area contributed by atoms with Gasteiger partial charge in [-0.25, -0.2) is 4.98 Å². The molecule has 0 atom stereocenters. The van der Waals surface area contributed by atoms with Crippen LogP contribution >= 0.6 is 0 Å². The van der Waals surface area contributed by atoms with Gasteiger partial charge in [0, 0.05) is 38.4 Å². The number of fused-ring (bicyclic) bond motifs is 6. The Hall–Kier alpha value is -8.27. The summed E-state index contributed by atoms with van der Waals surface area (Å²) < 4.78 is 4.88. The van der Waals surface area contributed by atoms with Gasteiger partial charge >= 0.3 is 0 Å². The summed E-state index contributed by atoms with van der Waals surface area (Å²) in [5, 5.41) is 4.90. The van der Waals surface area contributed by atoms with Crippen LogP contribution in [0.1, 0.15) is 0 Å².